The third-order valence-corrected chi connectivity index (χ3v) is 5.20. The van der Waals surface area contributed by atoms with E-state index in [9.17, 15) is 14.4 Å². The number of hydrogen-bond donors (Lipinski definition) is 1. The second-order valence-electron chi connectivity index (χ2n) is 6.23. The van der Waals surface area contributed by atoms with Gasteiger partial charge < -0.3 is 10.1 Å². The zero-order chi connectivity index (χ0) is 21.5. The number of rotatable bonds is 7. The van der Waals surface area contributed by atoms with Gasteiger partial charge in [0, 0.05) is 26.7 Å². The Bertz CT molecular complexity index is 1070. The number of carbonyl (C=O) groups excluding carboxylic acids is 3. The minimum Gasteiger partial charge on any atom is -0.452 e. The fourth-order valence-electron chi connectivity index (χ4n) is 2.70. The lowest BCUT2D eigenvalue weighted by Crippen LogP contribution is -2.22. The van der Waals surface area contributed by atoms with E-state index in [4.69, 9.17) is 16.3 Å². The van der Waals surface area contributed by atoms with Crippen LogP contribution >= 0.6 is 23.4 Å². The Morgan fingerprint density at radius 3 is 2.17 bits per heavy atom. The third-order valence-electron chi connectivity index (χ3n) is 4.21. The molecule has 0 unspecified atom stereocenters. The van der Waals surface area contributed by atoms with E-state index in [1.54, 1.807) is 66.4 Å². The molecule has 0 fully saturated rings. The van der Waals surface area contributed by atoms with Gasteiger partial charge in [0.25, 0.3) is 5.91 Å². The summed E-state index contributed by atoms with van der Waals surface area (Å²) in [6, 6.07) is 20.0. The Hall–Kier alpha value is -3.09. The summed E-state index contributed by atoms with van der Waals surface area (Å²) in [5.41, 5.74) is 1.28. The number of benzene rings is 3. The number of anilines is 1. The standard InChI is InChI=1S/C23H18ClNO4S/c1-30-18-12-10-17(11-13-18)25-21(26)14-29-23(28)20-5-3-2-4-19(20)22(27)15-6-8-16(24)9-7-15/h2-13H,14H2,1H3,(H,25,26). The van der Waals surface area contributed by atoms with Crippen LogP contribution in [0.1, 0.15) is 26.3 Å². The van der Waals surface area contributed by atoms with E-state index in [-0.39, 0.29) is 16.9 Å². The Labute approximate surface area is 183 Å². The molecule has 0 aliphatic rings. The Kier molecular flexibility index (Phi) is 7.27. The monoisotopic (exact) mass is 439 g/mol. The zero-order valence-corrected chi connectivity index (χ0v) is 17.6. The molecule has 0 saturated heterocycles. The molecule has 0 bridgehead atoms. The highest BCUT2D eigenvalue weighted by Gasteiger charge is 2.20. The van der Waals surface area contributed by atoms with Gasteiger partial charge in [0.2, 0.25) is 0 Å². The molecule has 3 aromatic rings. The van der Waals surface area contributed by atoms with Gasteiger partial charge in [0.1, 0.15) is 0 Å². The average Bonchev–Trinajstić information content (AvgIpc) is 2.78. The molecule has 3 aromatic carbocycles. The van der Waals surface area contributed by atoms with Crippen LogP contribution < -0.4 is 5.32 Å². The third kappa shape index (κ3) is 5.49. The van der Waals surface area contributed by atoms with Gasteiger partial charge in [-0.1, -0.05) is 29.8 Å². The van der Waals surface area contributed by atoms with Crippen LogP contribution in [-0.2, 0) is 9.53 Å². The first-order valence-electron chi connectivity index (χ1n) is 8.98. The minimum atomic E-state index is -0.749. The smallest absolute Gasteiger partial charge is 0.339 e. The first-order valence-corrected chi connectivity index (χ1v) is 10.6. The first kappa shape index (κ1) is 21.6. The van der Waals surface area contributed by atoms with Crippen molar-refractivity contribution < 1.29 is 19.1 Å². The van der Waals surface area contributed by atoms with Crippen molar-refractivity contribution in [1.29, 1.82) is 0 Å². The Balaban J connectivity index is 1.66. The number of amides is 1. The van der Waals surface area contributed by atoms with Crippen molar-refractivity contribution in [3.63, 3.8) is 0 Å². The van der Waals surface area contributed by atoms with Gasteiger partial charge in [-0.25, -0.2) is 4.79 Å². The van der Waals surface area contributed by atoms with Gasteiger partial charge >= 0.3 is 5.97 Å². The predicted molar refractivity (Wildman–Crippen MR) is 118 cm³/mol. The number of halogens is 1. The molecule has 0 heterocycles. The molecular formula is C23H18ClNO4S. The van der Waals surface area contributed by atoms with Gasteiger partial charge in [-0.2, -0.15) is 0 Å². The molecule has 1 amide bonds. The largest absolute Gasteiger partial charge is 0.452 e. The Morgan fingerprint density at radius 2 is 1.53 bits per heavy atom. The summed E-state index contributed by atoms with van der Waals surface area (Å²) in [5, 5.41) is 3.17. The summed E-state index contributed by atoms with van der Waals surface area (Å²) in [5.74, 6) is -1.56. The maximum absolute atomic E-state index is 12.8. The Morgan fingerprint density at radius 1 is 0.900 bits per heavy atom. The molecule has 7 heteroatoms. The van der Waals surface area contributed by atoms with Crippen molar-refractivity contribution in [2.75, 3.05) is 18.2 Å². The number of esters is 1. The number of hydrogen-bond acceptors (Lipinski definition) is 5. The maximum atomic E-state index is 12.8. The van der Waals surface area contributed by atoms with Crippen LogP contribution in [0.5, 0.6) is 0 Å². The SMILES string of the molecule is CSc1ccc(NC(=O)COC(=O)c2ccccc2C(=O)c2ccc(Cl)cc2)cc1. The fraction of sp³-hybridized carbons (Fsp3) is 0.0870. The lowest BCUT2D eigenvalue weighted by atomic mass is 9.98. The molecule has 152 valence electrons. The molecule has 0 atom stereocenters. The summed E-state index contributed by atoms with van der Waals surface area (Å²) >= 11 is 7.46. The summed E-state index contributed by atoms with van der Waals surface area (Å²) in [4.78, 5) is 38.5. The zero-order valence-electron chi connectivity index (χ0n) is 16.1. The number of nitrogens with one attached hydrogen (secondary N) is 1. The van der Waals surface area contributed by atoms with Crippen LogP contribution in [0.4, 0.5) is 5.69 Å². The van der Waals surface area contributed by atoms with Crippen LogP contribution in [0.3, 0.4) is 0 Å². The van der Waals surface area contributed by atoms with Gasteiger partial charge in [-0.15, -0.1) is 11.8 Å². The quantitative estimate of drug-likeness (QED) is 0.315. The first-order chi connectivity index (χ1) is 14.5. The number of ether oxygens (including phenoxy) is 1. The van der Waals surface area contributed by atoms with Crippen molar-refractivity contribution >= 4 is 46.7 Å². The molecule has 30 heavy (non-hydrogen) atoms. The van der Waals surface area contributed by atoms with E-state index in [1.165, 1.54) is 6.07 Å². The molecule has 3 rings (SSSR count). The van der Waals surface area contributed by atoms with Crippen LogP contribution in [-0.4, -0.2) is 30.5 Å². The predicted octanol–water partition coefficient (Wildman–Crippen LogP) is 5.09. The lowest BCUT2D eigenvalue weighted by molar-refractivity contribution is -0.119. The molecule has 0 radical (unpaired) electrons. The van der Waals surface area contributed by atoms with Crippen molar-refractivity contribution in [2.24, 2.45) is 0 Å². The fourth-order valence-corrected chi connectivity index (χ4v) is 3.23. The summed E-state index contributed by atoms with van der Waals surface area (Å²) < 4.78 is 5.12. The summed E-state index contributed by atoms with van der Waals surface area (Å²) in [6.45, 7) is -0.466. The second kappa shape index (κ2) is 10.1. The number of carbonyl (C=O) groups is 3. The van der Waals surface area contributed by atoms with E-state index < -0.39 is 18.5 Å². The van der Waals surface area contributed by atoms with Gasteiger partial charge in [0.15, 0.2) is 12.4 Å². The maximum Gasteiger partial charge on any atom is 0.339 e. The van der Waals surface area contributed by atoms with Crippen molar-refractivity contribution in [3.05, 3.63) is 94.5 Å². The average molecular weight is 440 g/mol. The second-order valence-corrected chi connectivity index (χ2v) is 7.55. The molecule has 0 aliphatic carbocycles. The highest BCUT2D eigenvalue weighted by atomic mass is 35.5. The van der Waals surface area contributed by atoms with Crippen LogP contribution in [0, 0.1) is 0 Å². The molecule has 1 N–H and O–H groups in total. The van der Waals surface area contributed by atoms with E-state index >= 15 is 0 Å². The molecule has 0 aromatic heterocycles. The summed E-state index contributed by atoms with van der Waals surface area (Å²) in [7, 11) is 0. The van der Waals surface area contributed by atoms with Gasteiger partial charge in [0.05, 0.1) is 5.56 Å². The molecule has 0 aliphatic heterocycles. The van der Waals surface area contributed by atoms with Gasteiger partial charge in [-0.3, -0.25) is 9.59 Å². The minimum absolute atomic E-state index is 0.0922. The van der Waals surface area contributed by atoms with Crippen molar-refractivity contribution in [3.8, 4) is 0 Å². The summed E-state index contributed by atoms with van der Waals surface area (Å²) in [6.07, 6.45) is 1.96. The van der Waals surface area contributed by atoms with E-state index in [0.717, 1.165) is 4.90 Å². The van der Waals surface area contributed by atoms with Crippen LogP contribution in [0.15, 0.2) is 77.7 Å². The van der Waals surface area contributed by atoms with Gasteiger partial charge in [-0.05, 0) is 60.9 Å². The van der Waals surface area contributed by atoms with E-state index in [2.05, 4.69) is 5.32 Å². The van der Waals surface area contributed by atoms with E-state index in [1.807, 2.05) is 18.4 Å². The number of ketones is 1. The van der Waals surface area contributed by atoms with E-state index in [0.29, 0.717) is 16.3 Å². The molecule has 0 spiro atoms. The number of thioether (sulfide) groups is 1. The highest BCUT2D eigenvalue weighted by Crippen LogP contribution is 2.19. The highest BCUT2D eigenvalue weighted by molar-refractivity contribution is 7.98. The molecule has 5 nitrogen and oxygen atoms in total. The normalized spacial score (nSPS) is 10.3. The topological polar surface area (TPSA) is 72.5 Å². The van der Waals surface area contributed by atoms with Crippen LogP contribution in [0.2, 0.25) is 5.02 Å². The lowest BCUT2D eigenvalue weighted by Gasteiger charge is -2.10. The van der Waals surface area contributed by atoms with Crippen molar-refractivity contribution in [2.45, 2.75) is 4.90 Å². The van der Waals surface area contributed by atoms with Crippen LogP contribution in [0.25, 0.3) is 0 Å². The molecular weight excluding hydrogens is 422 g/mol. The van der Waals surface area contributed by atoms with Crippen molar-refractivity contribution in [1.82, 2.24) is 0 Å². The molecule has 0 saturated carbocycles.